The van der Waals surface area contributed by atoms with E-state index in [0.29, 0.717) is 24.3 Å². The molecule has 1 aromatic carbocycles. The SMILES string of the molecule is CC(C)c1ccc(C(=O)N[C@H]2CC[C@@H](C(=O)O)C2)cc1. The standard InChI is InChI=1S/C16H21NO3/c1-10(2)11-3-5-12(6-4-11)15(18)17-14-8-7-13(9-14)16(19)20/h3-6,10,13-14H,7-9H2,1-2H3,(H,17,18)(H,19,20)/t13-,14+/m1/s1. The van der Waals surface area contributed by atoms with Crippen molar-refractivity contribution in [2.75, 3.05) is 0 Å². The summed E-state index contributed by atoms with van der Waals surface area (Å²) in [7, 11) is 0. The van der Waals surface area contributed by atoms with E-state index in [2.05, 4.69) is 19.2 Å². The molecule has 1 aromatic rings. The predicted molar refractivity (Wildman–Crippen MR) is 76.8 cm³/mol. The number of rotatable bonds is 4. The molecule has 1 amide bonds. The topological polar surface area (TPSA) is 66.4 Å². The third kappa shape index (κ3) is 3.38. The minimum absolute atomic E-state index is 0.0200. The van der Waals surface area contributed by atoms with Gasteiger partial charge >= 0.3 is 5.97 Å². The molecule has 0 unspecified atom stereocenters. The van der Waals surface area contributed by atoms with Crippen LogP contribution in [-0.2, 0) is 4.79 Å². The van der Waals surface area contributed by atoms with Gasteiger partial charge in [-0.05, 0) is 42.9 Å². The van der Waals surface area contributed by atoms with Gasteiger partial charge in [0.25, 0.3) is 5.91 Å². The molecule has 2 rings (SSSR count). The molecule has 1 aliphatic rings. The van der Waals surface area contributed by atoms with Crippen LogP contribution in [0.5, 0.6) is 0 Å². The number of benzene rings is 1. The molecule has 108 valence electrons. The van der Waals surface area contributed by atoms with Crippen molar-refractivity contribution in [1.29, 1.82) is 0 Å². The van der Waals surface area contributed by atoms with Crippen molar-refractivity contribution in [2.24, 2.45) is 5.92 Å². The van der Waals surface area contributed by atoms with Crippen LogP contribution in [0.2, 0.25) is 0 Å². The molecule has 0 spiro atoms. The zero-order valence-electron chi connectivity index (χ0n) is 11.9. The maximum atomic E-state index is 12.1. The van der Waals surface area contributed by atoms with E-state index in [0.717, 1.165) is 6.42 Å². The van der Waals surface area contributed by atoms with Gasteiger partial charge in [-0.1, -0.05) is 26.0 Å². The number of amides is 1. The van der Waals surface area contributed by atoms with Crippen LogP contribution in [-0.4, -0.2) is 23.0 Å². The summed E-state index contributed by atoms with van der Waals surface area (Å²) < 4.78 is 0. The van der Waals surface area contributed by atoms with E-state index in [4.69, 9.17) is 5.11 Å². The zero-order chi connectivity index (χ0) is 14.7. The minimum Gasteiger partial charge on any atom is -0.481 e. The Morgan fingerprint density at radius 1 is 1.20 bits per heavy atom. The lowest BCUT2D eigenvalue weighted by atomic mass is 10.0. The highest BCUT2D eigenvalue weighted by atomic mass is 16.4. The van der Waals surface area contributed by atoms with E-state index < -0.39 is 5.97 Å². The summed E-state index contributed by atoms with van der Waals surface area (Å²) in [5.74, 6) is -0.749. The van der Waals surface area contributed by atoms with Gasteiger partial charge in [0.05, 0.1) is 5.92 Å². The van der Waals surface area contributed by atoms with Crippen LogP contribution in [0.3, 0.4) is 0 Å². The second-order valence-corrected chi connectivity index (χ2v) is 5.80. The van der Waals surface area contributed by atoms with Crippen molar-refractivity contribution in [3.63, 3.8) is 0 Å². The predicted octanol–water partition coefficient (Wildman–Crippen LogP) is 2.79. The number of carbonyl (C=O) groups is 2. The Labute approximate surface area is 119 Å². The zero-order valence-corrected chi connectivity index (χ0v) is 11.9. The lowest BCUT2D eigenvalue weighted by Gasteiger charge is -2.13. The first-order chi connectivity index (χ1) is 9.47. The van der Waals surface area contributed by atoms with E-state index in [1.807, 2.05) is 24.3 Å². The summed E-state index contributed by atoms with van der Waals surface area (Å²) in [6.45, 7) is 4.22. The Morgan fingerprint density at radius 3 is 2.35 bits per heavy atom. The third-order valence-corrected chi connectivity index (χ3v) is 3.96. The Hall–Kier alpha value is -1.84. The molecule has 1 fully saturated rings. The first-order valence-corrected chi connectivity index (χ1v) is 7.11. The maximum Gasteiger partial charge on any atom is 0.306 e. The van der Waals surface area contributed by atoms with Gasteiger partial charge in [0.1, 0.15) is 0 Å². The number of aliphatic carboxylic acids is 1. The normalized spacial score (nSPS) is 21.9. The molecule has 20 heavy (non-hydrogen) atoms. The Bertz CT molecular complexity index is 493. The van der Waals surface area contributed by atoms with Crippen LogP contribution >= 0.6 is 0 Å². The largest absolute Gasteiger partial charge is 0.481 e. The highest BCUT2D eigenvalue weighted by molar-refractivity contribution is 5.94. The van der Waals surface area contributed by atoms with Crippen LogP contribution < -0.4 is 5.32 Å². The molecule has 0 aliphatic heterocycles. The summed E-state index contributed by atoms with van der Waals surface area (Å²) in [4.78, 5) is 23.0. The molecule has 4 nitrogen and oxygen atoms in total. The summed E-state index contributed by atoms with van der Waals surface area (Å²) in [6.07, 6.45) is 1.92. The third-order valence-electron chi connectivity index (χ3n) is 3.96. The van der Waals surface area contributed by atoms with Crippen molar-refractivity contribution >= 4 is 11.9 Å². The van der Waals surface area contributed by atoms with Gasteiger partial charge in [-0.15, -0.1) is 0 Å². The summed E-state index contributed by atoms with van der Waals surface area (Å²) in [6, 6.07) is 7.57. The summed E-state index contributed by atoms with van der Waals surface area (Å²) in [5, 5.41) is 11.9. The van der Waals surface area contributed by atoms with Gasteiger partial charge < -0.3 is 10.4 Å². The van der Waals surface area contributed by atoms with Gasteiger partial charge in [-0.2, -0.15) is 0 Å². The fourth-order valence-electron chi connectivity index (χ4n) is 2.63. The monoisotopic (exact) mass is 275 g/mol. The summed E-state index contributed by atoms with van der Waals surface area (Å²) >= 11 is 0. The van der Waals surface area contributed by atoms with Gasteiger partial charge in [0, 0.05) is 11.6 Å². The summed E-state index contributed by atoms with van der Waals surface area (Å²) in [5.41, 5.74) is 1.83. The molecule has 2 atom stereocenters. The molecular formula is C16H21NO3. The van der Waals surface area contributed by atoms with Crippen molar-refractivity contribution in [3.05, 3.63) is 35.4 Å². The maximum absolute atomic E-state index is 12.1. The Balaban J connectivity index is 1.94. The second kappa shape index (κ2) is 6.07. The number of hydrogen-bond donors (Lipinski definition) is 2. The van der Waals surface area contributed by atoms with E-state index in [1.54, 1.807) is 0 Å². The van der Waals surface area contributed by atoms with Crippen LogP contribution in [0, 0.1) is 5.92 Å². The highest BCUT2D eigenvalue weighted by Crippen LogP contribution is 2.26. The van der Waals surface area contributed by atoms with Gasteiger partial charge in [-0.25, -0.2) is 0 Å². The first-order valence-electron chi connectivity index (χ1n) is 7.11. The molecule has 1 aliphatic carbocycles. The van der Waals surface area contributed by atoms with Gasteiger partial charge in [0.15, 0.2) is 0 Å². The van der Waals surface area contributed by atoms with Crippen LogP contribution in [0.15, 0.2) is 24.3 Å². The number of carbonyl (C=O) groups excluding carboxylic acids is 1. The molecule has 1 saturated carbocycles. The Morgan fingerprint density at radius 2 is 1.85 bits per heavy atom. The van der Waals surface area contributed by atoms with E-state index in [-0.39, 0.29) is 17.9 Å². The lowest BCUT2D eigenvalue weighted by Crippen LogP contribution is -2.33. The van der Waals surface area contributed by atoms with Crippen molar-refractivity contribution in [3.8, 4) is 0 Å². The molecule has 2 N–H and O–H groups in total. The van der Waals surface area contributed by atoms with Crippen molar-refractivity contribution < 1.29 is 14.7 Å². The number of hydrogen-bond acceptors (Lipinski definition) is 2. The van der Waals surface area contributed by atoms with E-state index >= 15 is 0 Å². The second-order valence-electron chi connectivity index (χ2n) is 5.80. The number of nitrogens with one attached hydrogen (secondary N) is 1. The first kappa shape index (κ1) is 14.6. The quantitative estimate of drug-likeness (QED) is 0.888. The van der Waals surface area contributed by atoms with Crippen LogP contribution in [0.4, 0.5) is 0 Å². The number of carboxylic acid groups (broad SMARTS) is 1. The van der Waals surface area contributed by atoms with Crippen LogP contribution in [0.1, 0.15) is 54.9 Å². The van der Waals surface area contributed by atoms with Crippen molar-refractivity contribution in [1.82, 2.24) is 5.32 Å². The lowest BCUT2D eigenvalue weighted by molar-refractivity contribution is -0.141. The molecule has 0 heterocycles. The van der Waals surface area contributed by atoms with Crippen LogP contribution in [0.25, 0.3) is 0 Å². The minimum atomic E-state index is -0.761. The van der Waals surface area contributed by atoms with Crippen molar-refractivity contribution in [2.45, 2.75) is 45.1 Å². The molecule has 0 bridgehead atoms. The smallest absolute Gasteiger partial charge is 0.306 e. The number of carboxylic acids is 1. The molecule has 0 radical (unpaired) electrons. The van der Waals surface area contributed by atoms with Gasteiger partial charge in [0.2, 0.25) is 0 Å². The molecule has 0 aromatic heterocycles. The Kier molecular flexibility index (Phi) is 4.42. The van der Waals surface area contributed by atoms with Gasteiger partial charge in [-0.3, -0.25) is 9.59 Å². The molecular weight excluding hydrogens is 254 g/mol. The van der Waals surface area contributed by atoms with E-state index in [1.165, 1.54) is 5.56 Å². The average Bonchev–Trinajstić information content (AvgIpc) is 2.87. The average molecular weight is 275 g/mol. The molecule has 4 heteroatoms. The highest BCUT2D eigenvalue weighted by Gasteiger charge is 2.30. The van der Waals surface area contributed by atoms with E-state index in [9.17, 15) is 9.59 Å². The fourth-order valence-corrected chi connectivity index (χ4v) is 2.63. The molecule has 0 saturated heterocycles. The fraction of sp³-hybridized carbons (Fsp3) is 0.500.